The van der Waals surface area contributed by atoms with E-state index in [1.807, 2.05) is 30.3 Å². The zero-order chi connectivity index (χ0) is 20.2. The van der Waals surface area contributed by atoms with Crippen LogP contribution in [0, 0.1) is 0 Å². The predicted molar refractivity (Wildman–Crippen MR) is 117 cm³/mol. The Labute approximate surface area is 171 Å². The molecule has 4 aromatic rings. The van der Waals surface area contributed by atoms with E-state index in [0.29, 0.717) is 5.56 Å². The highest BCUT2D eigenvalue weighted by Gasteiger charge is 2.11. The van der Waals surface area contributed by atoms with Crippen LogP contribution in [0.25, 0.3) is 21.2 Å². The van der Waals surface area contributed by atoms with Crippen LogP contribution in [-0.4, -0.2) is 29.1 Å². The van der Waals surface area contributed by atoms with Gasteiger partial charge in [-0.05, 0) is 40.3 Å². The second-order valence-corrected chi connectivity index (χ2v) is 7.87. The Bertz CT molecular complexity index is 1210. The summed E-state index contributed by atoms with van der Waals surface area (Å²) in [6.07, 6.45) is 2.50. The molecular formula is C23H20N2O3S. The van der Waals surface area contributed by atoms with E-state index in [2.05, 4.69) is 28.5 Å². The van der Waals surface area contributed by atoms with Crippen molar-refractivity contribution >= 4 is 27.3 Å². The van der Waals surface area contributed by atoms with Crippen molar-refractivity contribution in [3.05, 3.63) is 93.2 Å². The first-order valence-electron chi connectivity index (χ1n) is 9.32. The molecule has 5 nitrogen and oxygen atoms in total. The maximum Gasteiger partial charge on any atom is 0.251 e. The highest BCUT2D eigenvalue weighted by Crippen LogP contribution is 2.36. The number of amides is 1. The Morgan fingerprint density at radius 2 is 1.93 bits per heavy atom. The molecule has 146 valence electrons. The van der Waals surface area contributed by atoms with Gasteiger partial charge in [-0.3, -0.25) is 9.59 Å². The molecular weight excluding hydrogens is 384 g/mol. The molecule has 3 N–H and O–H groups in total. The Hall–Kier alpha value is -3.22. The maximum absolute atomic E-state index is 12.2. The minimum Gasteiger partial charge on any atom is -0.395 e. The van der Waals surface area contributed by atoms with E-state index in [1.165, 1.54) is 9.58 Å². The van der Waals surface area contributed by atoms with Gasteiger partial charge in [0.2, 0.25) is 5.56 Å². The van der Waals surface area contributed by atoms with E-state index < -0.39 is 0 Å². The number of hydrogen-bond acceptors (Lipinski definition) is 4. The van der Waals surface area contributed by atoms with Crippen molar-refractivity contribution in [3.8, 4) is 11.1 Å². The van der Waals surface area contributed by atoms with Gasteiger partial charge < -0.3 is 15.4 Å². The van der Waals surface area contributed by atoms with Crippen LogP contribution in [0.15, 0.2) is 71.7 Å². The Morgan fingerprint density at radius 3 is 2.72 bits per heavy atom. The summed E-state index contributed by atoms with van der Waals surface area (Å²) >= 11 is 1.72. The summed E-state index contributed by atoms with van der Waals surface area (Å²) in [6.45, 7) is 0.149. The van der Waals surface area contributed by atoms with Gasteiger partial charge in [-0.2, -0.15) is 0 Å². The number of aromatic nitrogens is 1. The van der Waals surface area contributed by atoms with Gasteiger partial charge in [0.1, 0.15) is 0 Å². The van der Waals surface area contributed by atoms with Gasteiger partial charge in [0.15, 0.2) is 0 Å². The average molecular weight is 404 g/mol. The van der Waals surface area contributed by atoms with Crippen molar-refractivity contribution in [3.63, 3.8) is 0 Å². The summed E-state index contributed by atoms with van der Waals surface area (Å²) in [5.41, 5.74) is 3.58. The van der Waals surface area contributed by atoms with Gasteiger partial charge in [0, 0.05) is 40.4 Å². The molecule has 0 unspecified atom stereocenters. The highest BCUT2D eigenvalue weighted by molar-refractivity contribution is 7.19. The zero-order valence-corrected chi connectivity index (χ0v) is 16.5. The van der Waals surface area contributed by atoms with Crippen molar-refractivity contribution in [2.24, 2.45) is 0 Å². The smallest absolute Gasteiger partial charge is 0.251 e. The van der Waals surface area contributed by atoms with E-state index in [9.17, 15) is 9.59 Å². The van der Waals surface area contributed by atoms with Crippen molar-refractivity contribution in [2.75, 3.05) is 13.2 Å². The number of rotatable bonds is 6. The van der Waals surface area contributed by atoms with E-state index in [0.717, 1.165) is 28.5 Å². The molecule has 29 heavy (non-hydrogen) atoms. The van der Waals surface area contributed by atoms with E-state index in [1.54, 1.807) is 29.7 Å². The quantitative estimate of drug-likeness (QED) is 0.459. The summed E-state index contributed by atoms with van der Waals surface area (Å²) in [7, 11) is 0. The molecule has 0 aliphatic carbocycles. The molecule has 6 heteroatoms. The fourth-order valence-electron chi connectivity index (χ4n) is 3.28. The number of aliphatic hydroxyl groups is 1. The monoisotopic (exact) mass is 404 g/mol. The zero-order valence-electron chi connectivity index (χ0n) is 15.6. The highest BCUT2D eigenvalue weighted by atomic mass is 32.1. The lowest BCUT2D eigenvalue weighted by Crippen LogP contribution is -2.26. The molecule has 0 saturated carbocycles. The van der Waals surface area contributed by atoms with Crippen molar-refractivity contribution < 1.29 is 9.90 Å². The molecule has 1 amide bonds. The summed E-state index contributed by atoms with van der Waals surface area (Å²) in [6, 6.07) is 19.3. The third kappa shape index (κ3) is 4.29. The molecule has 2 aromatic carbocycles. The van der Waals surface area contributed by atoms with Crippen LogP contribution in [0.2, 0.25) is 0 Å². The number of pyridine rings is 1. The molecule has 0 radical (unpaired) electrons. The molecule has 4 rings (SSSR count). The lowest BCUT2D eigenvalue weighted by Gasteiger charge is -2.07. The molecule has 2 heterocycles. The lowest BCUT2D eigenvalue weighted by atomic mass is 10.0. The topological polar surface area (TPSA) is 82.2 Å². The van der Waals surface area contributed by atoms with Crippen molar-refractivity contribution in [2.45, 2.75) is 6.42 Å². The Kier molecular flexibility index (Phi) is 5.55. The largest absolute Gasteiger partial charge is 0.395 e. The van der Waals surface area contributed by atoms with Crippen LogP contribution in [0.3, 0.4) is 0 Å². The number of thiophene rings is 1. The third-order valence-electron chi connectivity index (χ3n) is 4.66. The lowest BCUT2D eigenvalue weighted by molar-refractivity contribution is 0.0945. The summed E-state index contributed by atoms with van der Waals surface area (Å²) < 4.78 is 1.17. The summed E-state index contributed by atoms with van der Waals surface area (Å²) in [5, 5.41) is 12.7. The maximum atomic E-state index is 12.2. The third-order valence-corrected chi connectivity index (χ3v) is 5.84. The molecule has 0 bridgehead atoms. The molecule has 0 spiro atoms. The minimum absolute atomic E-state index is 0.0853. The first-order valence-corrected chi connectivity index (χ1v) is 10.1. The molecule has 2 aromatic heterocycles. The number of aliphatic hydroxyl groups excluding tert-OH is 1. The van der Waals surface area contributed by atoms with Gasteiger partial charge in [0.25, 0.3) is 5.91 Å². The van der Waals surface area contributed by atoms with Crippen LogP contribution < -0.4 is 10.9 Å². The summed E-state index contributed by atoms with van der Waals surface area (Å²) in [4.78, 5) is 27.4. The van der Waals surface area contributed by atoms with Crippen molar-refractivity contribution in [1.82, 2.24) is 10.3 Å². The number of nitrogens with one attached hydrogen (secondary N) is 2. The number of fused-ring (bicyclic) bond motifs is 1. The van der Waals surface area contributed by atoms with Crippen LogP contribution in [0.4, 0.5) is 0 Å². The number of carbonyl (C=O) groups excluding carboxylic acids is 1. The number of aromatic amines is 1. The fraction of sp³-hybridized carbons (Fsp3) is 0.130. The molecule has 0 aliphatic heterocycles. The molecule has 0 fully saturated rings. The van der Waals surface area contributed by atoms with E-state index in [-0.39, 0.29) is 24.6 Å². The van der Waals surface area contributed by atoms with Gasteiger partial charge in [-0.1, -0.05) is 36.4 Å². The van der Waals surface area contributed by atoms with Crippen LogP contribution in [0.1, 0.15) is 20.8 Å². The summed E-state index contributed by atoms with van der Waals surface area (Å²) in [5.74, 6) is -0.196. The number of hydrogen-bond donors (Lipinski definition) is 3. The second kappa shape index (κ2) is 8.43. The van der Waals surface area contributed by atoms with Crippen molar-refractivity contribution in [1.29, 1.82) is 0 Å². The Balaban J connectivity index is 1.68. The fourth-order valence-corrected chi connectivity index (χ4v) is 4.51. The molecule has 0 atom stereocenters. The number of H-pyrrole nitrogens is 1. The Morgan fingerprint density at radius 1 is 1.07 bits per heavy atom. The molecule has 0 aliphatic rings. The van der Waals surface area contributed by atoms with E-state index in [4.69, 9.17) is 5.11 Å². The van der Waals surface area contributed by atoms with Gasteiger partial charge >= 0.3 is 0 Å². The van der Waals surface area contributed by atoms with Gasteiger partial charge in [-0.25, -0.2) is 0 Å². The number of carbonyl (C=O) groups is 1. The number of benzene rings is 2. The second-order valence-electron chi connectivity index (χ2n) is 6.73. The minimum atomic E-state index is -0.196. The normalized spacial score (nSPS) is 10.9. The SMILES string of the molecule is O=C(NCCO)c1cccc(-c2cccc3cc(Cc4ccc(=O)[nH]c4)sc23)c1. The first-order chi connectivity index (χ1) is 14.1. The van der Waals surface area contributed by atoms with E-state index >= 15 is 0 Å². The van der Waals surface area contributed by atoms with Crippen LogP contribution in [-0.2, 0) is 6.42 Å². The van der Waals surface area contributed by atoms with Crippen LogP contribution >= 0.6 is 11.3 Å². The molecule has 0 saturated heterocycles. The van der Waals surface area contributed by atoms with Crippen LogP contribution in [0.5, 0.6) is 0 Å². The van der Waals surface area contributed by atoms with Gasteiger partial charge in [-0.15, -0.1) is 11.3 Å². The standard InChI is InChI=1S/C23H20N2O3S/c26-10-9-24-23(28)18-5-1-3-16(12-18)20-6-2-4-17-13-19(29-22(17)20)11-15-7-8-21(27)25-14-15/h1-8,12-14,26H,9-11H2,(H,24,28)(H,25,27). The first kappa shape index (κ1) is 19.1. The average Bonchev–Trinajstić information content (AvgIpc) is 3.16. The van der Waals surface area contributed by atoms with Gasteiger partial charge in [0.05, 0.1) is 6.61 Å². The predicted octanol–water partition coefficient (Wildman–Crippen LogP) is 3.57.